The summed E-state index contributed by atoms with van der Waals surface area (Å²) in [5, 5.41) is 14.6. The lowest BCUT2D eigenvalue weighted by Gasteiger charge is -1.80. The predicted octanol–water partition coefficient (Wildman–Crippen LogP) is 0.632. The number of nitrogens with zero attached hydrogens (tertiary/aromatic N) is 3. The molecule has 0 bridgehead atoms. The molecular weight excluding hydrogens is 181 g/mol. The molecule has 0 saturated heterocycles. The van der Waals surface area contributed by atoms with E-state index in [1.54, 1.807) is 0 Å². The summed E-state index contributed by atoms with van der Waals surface area (Å²) >= 11 is 10.4. The van der Waals surface area contributed by atoms with Gasteiger partial charge in [0.05, 0.1) is 11.8 Å². The molecule has 1 N–H and O–H groups in total. The smallest absolute Gasteiger partial charge is 0.359 e. The third kappa shape index (κ3) is 1.19. The van der Waals surface area contributed by atoms with E-state index in [1.807, 2.05) is 0 Å². The molecule has 0 atom stereocenters. The van der Waals surface area contributed by atoms with Gasteiger partial charge in [0, 0.05) is 0 Å². The normalized spacial score (nSPS) is 9.80. The SMILES string of the molecule is O=C(O)c1nn(Cl)nc1Cl. The van der Waals surface area contributed by atoms with Crippen LogP contribution in [0.4, 0.5) is 0 Å². The topological polar surface area (TPSA) is 68.0 Å². The maximum Gasteiger partial charge on any atom is 0.359 e. The van der Waals surface area contributed by atoms with Crippen molar-refractivity contribution in [3.05, 3.63) is 10.8 Å². The van der Waals surface area contributed by atoms with Crippen molar-refractivity contribution in [2.24, 2.45) is 0 Å². The van der Waals surface area contributed by atoms with Gasteiger partial charge in [0.15, 0.2) is 5.15 Å². The summed E-state index contributed by atoms with van der Waals surface area (Å²) in [5.41, 5.74) is -0.350. The highest BCUT2D eigenvalue weighted by atomic mass is 35.5. The molecule has 7 heteroatoms. The van der Waals surface area contributed by atoms with E-state index in [4.69, 9.17) is 28.5 Å². The molecule has 0 fully saturated rings. The van der Waals surface area contributed by atoms with E-state index in [9.17, 15) is 4.79 Å². The van der Waals surface area contributed by atoms with Crippen molar-refractivity contribution in [1.29, 1.82) is 0 Å². The molecular formula is C3HCl2N3O2. The van der Waals surface area contributed by atoms with Gasteiger partial charge < -0.3 is 5.11 Å². The van der Waals surface area contributed by atoms with E-state index in [1.165, 1.54) is 0 Å². The second-order valence-corrected chi connectivity index (χ2v) is 2.05. The monoisotopic (exact) mass is 181 g/mol. The Labute approximate surface area is 65.3 Å². The van der Waals surface area contributed by atoms with E-state index in [-0.39, 0.29) is 10.8 Å². The largest absolute Gasteiger partial charge is 0.476 e. The van der Waals surface area contributed by atoms with Crippen LogP contribution in [-0.4, -0.2) is 25.6 Å². The van der Waals surface area contributed by atoms with Crippen LogP contribution < -0.4 is 0 Å². The summed E-state index contributed by atoms with van der Waals surface area (Å²) in [7, 11) is 0. The highest BCUT2D eigenvalue weighted by molar-refractivity contribution is 6.32. The predicted molar refractivity (Wildman–Crippen MR) is 33.2 cm³/mol. The maximum atomic E-state index is 10.2. The van der Waals surface area contributed by atoms with Crippen molar-refractivity contribution < 1.29 is 9.90 Å². The lowest BCUT2D eigenvalue weighted by molar-refractivity contribution is 0.0690. The first-order chi connectivity index (χ1) is 4.61. The molecule has 0 unspecified atom stereocenters. The van der Waals surface area contributed by atoms with E-state index in [2.05, 4.69) is 10.2 Å². The van der Waals surface area contributed by atoms with Crippen molar-refractivity contribution in [2.75, 3.05) is 0 Å². The van der Waals surface area contributed by atoms with Crippen LogP contribution in [0.15, 0.2) is 0 Å². The summed E-state index contributed by atoms with van der Waals surface area (Å²) in [6, 6.07) is 0. The standard InChI is InChI=1S/C3HCl2N3O2/c4-2-1(3(9)10)6-8(5)7-2/h(H,9,10). The molecule has 0 aliphatic rings. The molecule has 0 spiro atoms. The van der Waals surface area contributed by atoms with E-state index in [0.29, 0.717) is 4.32 Å². The molecule has 10 heavy (non-hydrogen) atoms. The van der Waals surface area contributed by atoms with Crippen LogP contribution in [0, 0.1) is 0 Å². The molecule has 5 nitrogen and oxygen atoms in total. The molecule has 54 valence electrons. The van der Waals surface area contributed by atoms with Crippen LogP contribution in [0.1, 0.15) is 10.5 Å². The Bertz CT molecular complexity index is 271. The van der Waals surface area contributed by atoms with Gasteiger partial charge in [0.25, 0.3) is 0 Å². The van der Waals surface area contributed by atoms with Gasteiger partial charge in [-0.1, -0.05) is 15.9 Å². The highest BCUT2D eigenvalue weighted by Gasteiger charge is 2.14. The second-order valence-electron chi connectivity index (χ2n) is 1.39. The molecule has 1 rings (SSSR count). The van der Waals surface area contributed by atoms with Crippen LogP contribution in [0.5, 0.6) is 0 Å². The third-order valence-electron chi connectivity index (χ3n) is 0.751. The van der Waals surface area contributed by atoms with E-state index in [0.717, 1.165) is 0 Å². The minimum Gasteiger partial charge on any atom is -0.476 e. The Hall–Kier alpha value is -0.810. The van der Waals surface area contributed by atoms with Crippen molar-refractivity contribution in [3.63, 3.8) is 0 Å². The Balaban J connectivity index is 3.15. The molecule has 0 aliphatic carbocycles. The quantitative estimate of drug-likeness (QED) is 0.691. The Kier molecular flexibility index (Phi) is 1.78. The fourth-order valence-corrected chi connectivity index (χ4v) is 0.777. The first kappa shape index (κ1) is 7.30. The third-order valence-corrected chi connectivity index (χ3v) is 1.16. The molecule has 1 aromatic heterocycles. The Morgan fingerprint density at radius 1 is 1.60 bits per heavy atom. The van der Waals surface area contributed by atoms with Crippen LogP contribution >= 0.6 is 23.4 Å². The number of hydrogen-bond acceptors (Lipinski definition) is 3. The van der Waals surface area contributed by atoms with Gasteiger partial charge in [0.1, 0.15) is 0 Å². The Morgan fingerprint density at radius 2 is 2.20 bits per heavy atom. The average Bonchev–Trinajstić information content (AvgIpc) is 2.10. The number of carboxylic acids is 1. The van der Waals surface area contributed by atoms with Gasteiger partial charge in [-0.05, 0) is 0 Å². The summed E-state index contributed by atoms with van der Waals surface area (Å²) in [6.45, 7) is 0. The molecule has 1 aromatic rings. The first-order valence-corrected chi connectivity index (χ1v) is 2.85. The molecule has 1 heterocycles. The van der Waals surface area contributed by atoms with Crippen molar-refractivity contribution >= 4 is 29.3 Å². The molecule has 0 saturated carbocycles. The van der Waals surface area contributed by atoms with Crippen molar-refractivity contribution in [1.82, 2.24) is 14.5 Å². The van der Waals surface area contributed by atoms with E-state index >= 15 is 0 Å². The molecule has 0 aliphatic heterocycles. The molecule has 0 amide bonds. The summed E-state index contributed by atoms with van der Waals surface area (Å²) in [5.74, 6) is -1.25. The number of carbonyl (C=O) groups is 1. The zero-order valence-corrected chi connectivity index (χ0v) is 5.96. The van der Waals surface area contributed by atoms with Gasteiger partial charge in [-0.3, -0.25) is 0 Å². The van der Waals surface area contributed by atoms with Crippen LogP contribution in [-0.2, 0) is 0 Å². The lowest BCUT2D eigenvalue weighted by Crippen LogP contribution is -1.97. The van der Waals surface area contributed by atoms with Crippen molar-refractivity contribution in [2.45, 2.75) is 0 Å². The number of aromatic nitrogens is 3. The summed E-state index contributed by atoms with van der Waals surface area (Å²) < 4.78 is 0.575. The number of carboxylic acid groups (broad SMARTS) is 1. The highest BCUT2D eigenvalue weighted by Crippen LogP contribution is 2.09. The van der Waals surface area contributed by atoms with Gasteiger partial charge in [-0.2, -0.15) is 0 Å². The van der Waals surface area contributed by atoms with Crippen molar-refractivity contribution in [3.8, 4) is 0 Å². The van der Waals surface area contributed by atoms with Crippen LogP contribution in [0.25, 0.3) is 0 Å². The molecule has 0 aromatic carbocycles. The lowest BCUT2D eigenvalue weighted by atomic mass is 10.5. The first-order valence-electron chi connectivity index (χ1n) is 2.13. The number of aromatic carboxylic acids is 1. The zero-order chi connectivity index (χ0) is 7.72. The summed E-state index contributed by atoms with van der Waals surface area (Å²) in [4.78, 5) is 10.2. The maximum absolute atomic E-state index is 10.2. The fourth-order valence-electron chi connectivity index (χ4n) is 0.397. The van der Waals surface area contributed by atoms with Gasteiger partial charge in [-0.25, -0.2) is 4.79 Å². The number of hydrogen-bond donors (Lipinski definition) is 1. The van der Waals surface area contributed by atoms with Gasteiger partial charge in [-0.15, -0.1) is 10.2 Å². The number of rotatable bonds is 1. The average molecular weight is 182 g/mol. The molecule has 0 radical (unpaired) electrons. The Morgan fingerprint density at radius 3 is 2.40 bits per heavy atom. The fraction of sp³-hybridized carbons (Fsp3) is 0. The number of halogens is 2. The van der Waals surface area contributed by atoms with Gasteiger partial charge in [0.2, 0.25) is 5.69 Å². The van der Waals surface area contributed by atoms with E-state index < -0.39 is 5.97 Å². The minimum atomic E-state index is -1.25. The van der Waals surface area contributed by atoms with Crippen LogP contribution in [0.3, 0.4) is 0 Å². The van der Waals surface area contributed by atoms with Gasteiger partial charge >= 0.3 is 5.97 Å². The second kappa shape index (κ2) is 2.43. The minimum absolute atomic E-state index is 0.220. The summed E-state index contributed by atoms with van der Waals surface area (Å²) in [6.07, 6.45) is 0. The zero-order valence-electron chi connectivity index (χ0n) is 4.45. The van der Waals surface area contributed by atoms with Crippen LogP contribution in [0.2, 0.25) is 5.15 Å².